The molecule has 0 saturated heterocycles. The summed E-state index contributed by atoms with van der Waals surface area (Å²) in [6.07, 6.45) is 0.224. The Hall–Kier alpha value is -1.76. The molecular formula is C17H14ClFN2OS2. The van der Waals surface area contributed by atoms with Crippen LogP contribution in [0.5, 0.6) is 0 Å². The fraction of sp³-hybridized carbons (Fsp3) is 0.176. The van der Waals surface area contributed by atoms with Crippen molar-refractivity contribution in [3.63, 3.8) is 0 Å². The molecule has 0 N–H and O–H groups in total. The molecule has 3 nitrogen and oxygen atoms in total. The maximum absolute atomic E-state index is 13.3. The zero-order chi connectivity index (χ0) is 17.1. The molecule has 2 heterocycles. The second-order valence-corrected chi connectivity index (χ2v) is 7.94. The van der Waals surface area contributed by atoms with Crippen LogP contribution in [0.15, 0.2) is 41.8 Å². The Morgan fingerprint density at radius 1 is 1.33 bits per heavy atom. The first kappa shape index (κ1) is 17.1. The molecule has 0 radical (unpaired) electrons. The van der Waals surface area contributed by atoms with Crippen molar-refractivity contribution < 1.29 is 9.18 Å². The molecule has 3 rings (SSSR count). The molecule has 0 aliphatic rings. The number of hydrogen-bond acceptors (Lipinski definition) is 4. The van der Waals surface area contributed by atoms with Gasteiger partial charge in [0.2, 0.25) is 5.91 Å². The number of halogens is 2. The maximum atomic E-state index is 13.3. The van der Waals surface area contributed by atoms with Gasteiger partial charge in [-0.05, 0) is 24.3 Å². The molecule has 24 heavy (non-hydrogen) atoms. The standard InChI is InChI=1S/C17H14ClFN2OS2/c1-21(9-14-5-6-15(18)24-14)16(22)8-13-10-23-17(20-13)11-3-2-4-12(19)7-11/h2-7,10H,8-9H2,1H3. The molecule has 0 fully saturated rings. The Labute approximate surface area is 152 Å². The van der Waals surface area contributed by atoms with Gasteiger partial charge in [-0.15, -0.1) is 22.7 Å². The van der Waals surface area contributed by atoms with Crippen LogP contribution < -0.4 is 0 Å². The predicted molar refractivity (Wildman–Crippen MR) is 97.0 cm³/mol. The van der Waals surface area contributed by atoms with Gasteiger partial charge in [0.1, 0.15) is 10.8 Å². The van der Waals surface area contributed by atoms with Crippen LogP contribution in [0, 0.1) is 5.82 Å². The van der Waals surface area contributed by atoms with Crippen molar-refractivity contribution in [1.82, 2.24) is 9.88 Å². The second kappa shape index (κ2) is 7.42. The van der Waals surface area contributed by atoms with E-state index in [0.717, 1.165) is 10.4 Å². The summed E-state index contributed by atoms with van der Waals surface area (Å²) in [5.74, 6) is -0.315. The number of likely N-dealkylation sites (N-methyl/N-ethyl adjacent to an activating group) is 1. The lowest BCUT2D eigenvalue weighted by Crippen LogP contribution is -2.27. The number of thiophene rings is 1. The Balaban J connectivity index is 1.64. The average molecular weight is 381 g/mol. The molecular weight excluding hydrogens is 367 g/mol. The van der Waals surface area contributed by atoms with E-state index in [9.17, 15) is 9.18 Å². The van der Waals surface area contributed by atoms with Gasteiger partial charge in [-0.2, -0.15) is 0 Å². The number of amides is 1. The molecule has 124 valence electrons. The summed E-state index contributed by atoms with van der Waals surface area (Å²) in [7, 11) is 1.76. The first-order valence-electron chi connectivity index (χ1n) is 7.20. The van der Waals surface area contributed by atoms with Crippen molar-refractivity contribution in [2.24, 2.45) is 0 Å². The van der Waals surface area contributed by atoms with E-state index in [0.29, 0.717) is 21.6 Å². The Morgan fingerprint density at radius 2 is 2.17 bits per heavy atom. The van der Waals surface area contributed by atoms with E-state index >= 15 is 0 Å². The predicted octanol–water partition coefficient (Wildman–Crippen LogP) is 4.87. The lowest BCUT2D eigenvalue weighted by atomic mass is 10.2. The molecule has 3 aromatic rings. The molecule has 0 aliphatic heterocycles. The lowest BCUT2D eigenvalue weighted by Gasteiger charge is -2.15. The molecule has 1 aromatic carbocycles. The van der Waals surface area contributed by atoms with Crippen molar-refractivity contribution in [1.29, 1.82) is 0 Å². The minimum Gasteiger partial charge on any atom is -0.340 e. The van der Waals surface area contributed by atoms with Crippen LogP contribution in [0.3, 0.4) is 0 Å². The van der Waals surface area contributed by atoms with Gasteiger partial charge in [0.25, 0.3) is 0 Å². The Bertz CT molecular complexity index is 862. The van der Waals surface area contributed by atoms with Gasteiger partial charge < -0.3 is 4.90 Å². The molecule has 0 unspecified atom stereocenters. The average Bonchev–Trinajstić information content (AvgIpc) is 3.16. The van der Waals surface area contributed by atoms with E-state index in [-0.39, 0.29) is 18.1 Å². The normalized spacial score (nSPS) is 10.8. The van der Waals surface area contributed by atoms with E-state index in [1.807, 2.05) is 17.5 Å². The number of aromatic nitrogens is 1. The van der Waals surface area contributed by atoms with Crippen LogP contribution in [0.2, 0.25) is 4.34 Å². The van der Waals surface area contributed by atoms with E-state index in [1.165, 1.54) is 34.8 Å². The van der Waals surface area contributed by atoms with Gasteiger partial charge in [-0.25, -0.2) is 9.37 Å². The van der Waals surface area contributed by atoms with Gasteiger partial charge in [0, 0.05) is 22.9 Å². The third-order valence-corrected chi connectivity index (χ3v) is 5.56. The molecule has 0 atom stereocenters. The largest absolute Gasteiger partial charge is 0.340 e. The number of nitrogens with zero attached hydrogens (tertiary/aromatic N) is 2. The SMILES string of the molecule is CN(Cc1ccc(Cl)s1)C(=O)Cc1csc(-c2cccc(F)c2)n1. The van der Waals surface area contributed by atoms with Crippen LogP contribution in [-0.4, -0.2) is 22.8 Å². The van der Waals surface area contributed by atoms with E-state index < -0.39 is 0 Å². The maximum Gasteiger partial charge on any atom is 0.228 e. The molecule has 2 aromatic heterocycles. The zero-order valence-electron chi connectivity index (χ0n) is 12.8. The van der Waals surface area contributed by atoms with Crippen molar-refractivity contribution >= 4 is 40.2 Å². The highest BCUT2D eigenvalue weighted by Crippen LogP contribution is 2.25. The van der Waals surface area contributed by atoms with Gasteiger partial charge >= 0.3 is 0 Å². The Morgan fingerprint density at radius 3 is 2.88 bits per heavy atom. The van der Waals surface area contributed by atoms with Crippen LogP contribution in [0.1, 0.15) is 10.6 Å². The summed E-state index contributed by atoms with van der Waals surface area (Å²) in [6, 6.07) is 10.0. The number of rotatable bonds is 5. The van der Waals surface area contributed by atoms with Crippen LogP contribution in [-0.2, 0) is 17.8 Å². The molecule has 0 saturated carbocycles. The molecule has 0 bridgehead atoms. The number of hydrogen-bond donors (Lipinski definition) is 0. The number of thiazole rings is 1. The highest BCUT2D eigenvalue weighted by molar-refractivity contribution is 7.16. The molecule has 7 heteroatoms. The van der Waals surface area contributed by atoms with E-state index in [4.69, 9.17) is 11.6 Å². The van der Waals surface area contributed by atoms with Crippen molar-refractivity contribution in [2.75, 3.05) is 7.05 Å². The third-order valence-electron chi connectivity index (χ3n) is 3.40. The quantitative estimate of drug-likeness (QED) is 0.633. The van der Waals surface area contributed by atoms with Gasteiger partial charge in [-0.1, -0.05) is 23.7 Å². The smallest absolute Gasteiger partial charge is 0.228 e. The van der Waals surface area contributed by atoms with Gasteiger partial charge in [0.15, 0.2) is 0 Å². The van der Waals surface area contributed by atoms with Crippen LogP contribution >= 0.6 is 34.3 Å². The number of carbonyl (C=O) groups is 1. The first-order chi connectivity index (χ1) is 11.5. The first-order valence-corrected chi connectivity index (χ1v) is 9.27. The summed E-state index contributed by atoms with van der Waals surface area (Å²) >= 11 is 8.78. The highest BCUT2D eigenvalue weighted by Gasteiger charge is 2.14. The topological polar surface area (TPSA) is 33.2 Å². The Kier molecular flexibility index (Phi) is 5.28. The summed E-state index contributed by atoms with van der Waals surface area (Å²) < 4.78 is 14.0. The van der Waals surface area contributed by atoms with Gasteiger partial charge in [-0.3, -0.25) is 4.79 Å². The minimum atomic E-state index is -0.297. The van der Waals surface area contributed by atoms with Crippen LogP contribution in [0.4, 0.5) is 4.39 Å². The third kappa shape index (κ3) is 4.20. The lowest BCUT2D eigenvalue weighted by molar-refractivity contribution is -0.129. The fourth-order valence-corrected chi connectivity index (χ4v) is 4.15. The highest BCUT2D eigenvalue weighted by atomic mass is 35.5. The molecule has 1 amide bonds. The molecule has 0 spiro atoms. The van der Waals surface area contributed by atoms with Crippen molar-refractivity contribution in [2.45, 2.75) is 13.0 Å². The van der Waals surface area contributed by atoms with Crippen molar-refractivity contribution in [3.8, 4) is 10.6 Å². The van der Waals surface area contributed by atoms with Crippen molar-refractivity contribution in [3.05, 3.63) is 62.5 Å². The fourth-order valence-electron chi connectivity index (χ4n) is 2.19. The van der Waals surface area contributed by atoms with Gasteiger partial charge in [0.05, 0.1) is 23.0 Å². The summed E-state index contributed by atoms with van der Waals surface area (Å²) in [5.41, 5.74) is 1.42. The van der Waals surface area contributed by atoms with E-state index in [1.54, 1.807) is 24.1 Å². The summed E-state index contributed by atoms with van der Waals surface area (Å²) in [4.78, 5) is 19.5. The minimum absolute atomic E-state index is 0.0179. The van der Waals surface area contributed by atoms with E-state index in [2.05, 4.69) is 4.98 Å². The monoisotopic (exact) mass is 380 g/mol. The molecule has 0 aliphatic carbocycles. The number of carbonyl (C=O) groups excluding carboxylic acids is 1. The number of benzene rings is 1. The summed E-state index contributed by atoms with van der Waals surface area (Å²) in [5, 5.41) is 2.55. The second-order valence-electron chi connectivity index (χ2n) is 5.29. The van der Waals surface area contributed by atoms with Crippen LogP contribution in [0.25, 0.3) is 10.6 Å². The zero-order valence-corrected chi connectivity index (χ0v) is 15.2. The summed E-state index contributed by atoms with van der Waals surface area (Å²) in [6.45, 7) is 0.525.